The molecule has 0 radical (unpaired) electrons. The van der Waals surface area contributed by atoms with Crippen molar-refractivity contribution >= 4 is 17.5 Å². The number of carbonyl (C=O) groups is 2. The number of aliphatic hydroxyl groups excluding tert-OH is 1. The number of amides is 2. The number of rotatable bonds is 8. The monoisotopic (exact) mass is 485 g/mol. The molecule has 0 saturated carbocycles. The molecular formula is C28H27N3O5. The first-order chi connectivity index (χ1) is 17.3. The SMILES string of the molecule is Cc1ccc(OCC(=O)N[C@@H]2c3cc(NC(=O)COc4ccc(C#N)cc4C)ccc3C[C@H]2O)cc1. The number of nitrogens with one attached hydrogen (secondary N) is 2. The average Bonchev–Trinajstić information content (AvgIpc) is 3.17. The zero-order chi connectivity index (χ0) is 25.7. The molecule has 8 heteroatoms. The molecule has 0 spiro atoms. The molecule has 2 atom stereocenters. The third-order valence-electron chi connectivity index (χ3n) is 5.95. The molecule has 1 aliphatic rings. The first-order valence-corrected chi connectivity index (χ1v) is 11.6. The summed E-state index contributed by atoms with van der Waals surface area (Å²) in [4.78, 5) is 25.0. The van der Waals surface area contributed by atoms with Crippen LogP contribution in [0.5, 0.6) is 11.5 Å². The highest BCUT2D eigenvalue weighted by Crippen LogP contribution is 2.33. The maximum absolute atomic E-state index is 12.5. The summed E-state index contributed by atoms with van der Waals surface area (Å²) in [6.07, 6.45) is -0.383. The predicted molar refractivity (Wildman–Crippen MR) is 134 cm³/mol. The largest absolute Gasteiger partial charge is 0.484 e. The Hall–Kier alpha value is -4.35. The molecule has 0 unspecified atom stereocenters. The van der Waals surface area contributed by atoms with Gasteiger partial charge in [-0.15, -0.1) is 0 Å². The van der Waals surface area contributed by atoms with Crippen LogP contribution < -0.4 is 20.1 Å². The van der Waals surface area contributed by atoms with Gasteiger partial charge < -0.3 is 25.2 Å². The van der Waals surface area contributed by atoms with Crippen molar-refractivity contribution in [2.24, 2.45) is 0 Å². The number of fused-ring (bicyclic) bond motifs is 1. The summed E-state index contributed by atoms with van der Waals surface area (Å²) >= 11 is 0. The van der Waals surface area contributed by atoms with Gasteiger partial charge in [0.25, 0.3) is 11.8 Å². The fourth-order valence-corrected chi connectivity index (χ4v) is 4.09. The molecule has 0 bridgehead atoms. The Morgan fingerprint density at radius 1 is 1.00 bits per heavy atom. The van der Waals surface area contributed by atoms with Gasteiger partial charge in [-0.2, -0.15) is 5.26 Å². The van der Waals surface area contributed by atoms with Crippen LogP contribution in [0.3, 0.4) is 0 Å². The second-order valence-corrected chi connectivity index (χ2v) is 8.76. The number of ether oxygens (including phenoxy) is 2. The number of carbonyl (C=O) groups excluding carboxylic acids is 2. The molecular weight excluding hydrogens is 458 g/mol. The van der Waals surface area contributed by atoms with E-state index in [-0.39, 0.29) is 25.0 Å². The standard InChI is InChI=1S/C28H27N3O5/c1-17-3-8-22(9-4-17)35-15-27(34)31-28-23-13-21(7-6-20(23)12-24(28)32)30-26(33)16-36-25-10-5-19(14-29)11-18(25)2/h3-11,13,24,28,32H,12,15-16H2,1-2H3,(H,30,33)(H,31,34)/t24-,28-/m1/s1. The molecule has 0 saturated heterocycles. The Morgan fingerprint density at radius 3 is 2.47 bits per heavy atom. The van der Waals surface area contributed by atoms with Crippen LogP contribution in [0.2, 0.25) is 0 Å². The second-order valence-electron chi connectivity index (χ2n) is 8.76. The lowest BCUT2D eigenvalue weighted by Crippen LogP contribution is -2.36. The average molecular weight is 486 g/mol. The van der Waals surface area contributed by atoms with Gasteiger partial charge in [0.2, 0.25) is 0 Å². The van der Waals surface area contributed by atoms with Crippen LogP contribution in [0.25, 0.3) is 0 Å². The molecule has 0 heterocycles. The molecule has 3 aromatic carbocycles. The van der Waals surface area contributed by atoms with E-state index in [0.29, 0.717) is 29.2 Å². The molecule has 8 nitrogen and oxygen atoms in total. The molecule has 3 N–H and O–H groups in total. The number of aliphatic hydroxyl groups is 1. The Bertz CT molecular complexity index is 1310. The summed E-state index contributed by atoms with van der Waals surface area (Å²) in [6.45, 7) is 3.39. The fraction of sp³-hybridized carbons (Fsp3) is 0.250. The Morgan fingerprint density at radius 2 is 1.75 bits per heavy atom. The lowest BCUT2D eigenvalue weighted by Gasteiger charge is -2.19. The number of nitriles is 1. The van der Waals surface area contributed by atoms with Crippen molar-refractivity contribution in [1.29, 1.82) is 5.26 Å². The topological polar surface area (TPSA) is 121 Å². The molecule has 4 rings (SSSR count). The molecule has 0 aromatic heterocycles. The molecule has 0 fully saturated rings. The minimum Gasteiger partial charge on any atom is -0.484 e. The van der Waals surface area contributed by atoms with Crippen LogP contribution in [-0.2, 0) is 16.0 Å². The highest BCUT2D eigenvalue weighted by molar-refractivity contribution is 5.92. The molecule has 36 heavy (non-hydrogen) atoms. The summed E-state index contributed by atoms with van der Waals surface area (Å²) in [5.74, 6) is 0.404. The van der Waals surface area contributed by atoms with Crippen LogP contribution in [0.15, 0.2) is 60.7 Å². The normalized spacial score (nSPS) is 15.9. The Labute approximate surface area is 209 Å². The van der Waals surface area contributed by atoms with Gasteiger partial charge in [0, 0.05) is 12.1 Å². The first kappa shape index (κ1) is 24.8. The van der Waals surface area contributed by atoms with Gasteiger partial charge in [0.05, 0.1) is 23.8 Å². The Balaban J connectivity index is 1.35. The van der Waals surface area contributed by atoms with E-state index >= 15 is 0 Å². The number of anilines is 1. The van der Waals surface area contributed by atoms with Gasteiger partial charge in [-0.3, -0.25) is 9.59 Å². The molecule has 3 aromatic rings. The van der Waals surface area contributed by atoms with E-state index in [9.17, 15) is 14.7 Å². The quantitative estimate of drug-likeness (QED) is 0.450. The van der Waals surface area contributed by atoms with Crippen molar-refractivity contribution < 1.29 is 24.2 Å². The minimum absolute atomic E-state index is 0.176. The summed E-state index contributed by atoms with van der Waals surface area (Å²) < 4.78 is 11.1. The summed E-state index contributed by atoms with van der Waals surface area (Å²) in [7, 11) is 0. The highest BCUT2D eigenvalue weighted by atomic mass is 16.5. The molecule has 1 aliphatic carbocycles. The number of benzene rings is 3. The molecule has 184 valence electrons. The van der Waals surface area contributed by atoms with Crippen LogP contribution in [0, 0.1) is 25.2 Å². The maximum Gasteiger partial charge on any atom is 0.262 e. The summed E-state index contributed by atoms with van der Waals surface area (Å²) in [6, 6.07) is 19.2. The Kier molecular flexibility index (Phi) is 7.52. The van der Waals surface area contributed by atoms with Gasteiger partial charge in [-0.05, 0) is 73.0 Å². The second kappa shape index (κ2) is 10.9. The van der Waals surface area contributed by atoms with Gasteiger partial charge in [0.1, 0.15) is 11.5 Å². The lowest BCUT2D eigenvalue weighted by atomic mass is 10.1. The third kappa shape index (κ3) is 6.01. The lowest BCUT2D eigenvalue weighted by molar-refractivity contribution is -0.124. The van der Waals surface area contributed by atoms with Crippen LogP contribution >= 0.6 is 0 Å². The predicted octanol–water partition coefficient (Wildman–Crippen LogP) is 3.35. The van der Waals surface area contributed by atoms with Crippen molar-refractivity contribution in [3.8, 4) is 17.6 Å². The van der Waals surface area contributed by atoms with E-state index in [1.165, 1.54) is 0 Å². The number of hydrogen-bond acceptors (Lipinski definition) is 6. The number of nitrogens with zero attached hydrogens (tertiary/aromatic N) is 1. The van der Waals surface area contributed by atoms with Crippen LogP contribution in [0.1, 0.15) is 33.9 Å². The number of hydrogen-bond donors (Lipinski definition) is 3. The van der Waals surface area contributed by atoms with E-state index in [1.807, 2.05) is 25.1 Å². The third-order valence-corrected chi connectivity index (χ3v) is 5.95. The van der Waals surface area contributed by atoms with Crippen molar-refractivity contribution in [1.82, 2.24) is 5.32 Å². The van der Waals surface area contributed by atoms with Crippen molar-refractivity contribution in [2.45, 2.75) is 32.4 Å². The zero-order valence-electron chi connectivity index (χ0n) is 20.1. The number of aryl methyl sites for hydroxylation is 2. The van der Waals surface area contributed by atoms with Gasteiger partial charge in [0.15, 0.2) is 13.2 Å². The van der Waals surface area contributed by atoms with Crippen molar-refractivity contribution in [3.05, 3.63) is 88.5 Å². The van der Waals surface area contributed by atoms with Crippen LogP contribution in [-0.4, -0.2) is 36.2 Å². The fourth-order valence-electron chi connectivity index (χ4n) is 4.09. The van der Waals surface area contributed by atoms with E-state index in [0.717, 1.165) is 22.3 Å². The van der Waals surface area contributed by atoms with Crippen LogP contribution in [0.4, 0.5) is 5.69 Å². The van der Waals surface area contributed by atoms with Gasteiger partial charge in [-0.25, -0.2) is 0 Å². The van der Waals surface area contributed by atoms with E-state index < -0.39 is 12.1 Å². The molecule has 2 amide bonds. The van der Waals surface area contributed by atoms with E-state index in [4.69, 9.17) is 14.7 Å². The maximum atomic E-state index is 12.5. The first-order valence-electron chi connectivity index (χ1n) is 11.6. The van der Waals surface area contributed by atoms with Gasteiger partial charge >= 0.3 is 0 Å². The summed E-state index contributed by atoms with van der Waals surface area (Å²) in [5, 5.41) is 25.1. The minimum atomic E-state index is -0.781. The van der Waals surface area contributed by atoms with E-state index in [1.54, 1.807) is 49.4 Å². The van der Waals surface area contributed by atoms with E-state index in [2.05, 4.69) is 16.7 Å². The molecule has 0 aliphatic heterocycles. The zero-order valence-corrected chi connectivity index (χ0v) is 20.1. The van der Waals surface area contributed by atoms with Crippen molar-refractivity contribution in [2.75, 3.05) is 18.5 Å². The summed E-state index contributed by atoms with van der Waals surface area (Å²) in [5.41, 5.74) is 4.55. The van der Waals surface area contributed by atoms with Crippen molar-refractivity contribution in [3.63, 3.8) is 0 Å². The smallest absolute Gasteiger partial charge is 0.262 e. The van der Waals surface area contributed by atoms with Gasteiger partial charge in [-0.1, -0.05) is 23.8 Å². The highest BCUT2D eigenvalue weighted by Gasteiger charge is 2.32.